The molecule has 0 unspecified atom stereocenters. The van der Waals surface area contributed by atoms with Crippen LogP contribution in [-0.2, 0) is 11.3 Å². The molecule has 0 saturated carbocycles. The zero-order valence-corrected chi connectivity index (χ0v) is 9.74. The molecule has 0 atom stereocenters. The average molecular weight is 221 g/mol. The van der Waals surface area contributed by atoms with Crippen LogP contribution in [0, 0.1) is 6.92 Å². The molecule has 0 radical (unpaired) electrons. The maximum absolute atomic E-state index is 5.97. The van der Waals surface area contributed by atoms with Crippen molar-refractivity contribution in [2.75, 3.05) is 13.2 Å². The van der Waals surface area contributed by atoms with Gasteiger partial charge in [-0.3, -0.25) is 0 Å². The standard InChI is InChI=1S/C13H19NO2/c1-10-2-3-13(11(8-10)9-14)16-12-4-6-15-7-5-12/h2-3,8,12H,4-7,9,14H2,1H3. The van der Waals surface area contributed by atoms with Crippen molar-refractivity contribution in [3.05, 3.63) is 29.3 Å². The quantitative estimate of drug-likeness (QED) is 0.849. The number of aryl methyl sites for hydroxylation is 1. The van der Waals surface area contributed by atoms with Crippen molar-refractivity contribution in [2.45, 2.75) is 32.4 Å². The third-order valence-electron chi connectivity index (χ3n) is 2.90. The summed E-state index contributed by atoms with van der Waals surface area (Å²) in [4.78, 5) is 0. The maximum Gasteiger partial charge on any atom is 0.124 e. The summed E-state index contributed by atoms with van der Waals surface area (Å²) in [5.74, 6) is 0.931. The van der Waals surface area contributed by atoms with Crippen LogP contribution < -0.4 is 10.5 Å². The van der Waals surface area contributed by atoms with Crippen LogP contribution in [0.25, 0.3) is 0 Å². The van der Waals surface area contributed by atoms with Crippen LogP contribution in [0.5, 0.6) is 5.75 Å². The van der Waals surface area contributed by atoms with Crippen molar-refractivity contribution in [2.24, 2.45) is 5.73 Å². The number of hydrogen-bond acceptors (Lipinski definition) is 3. The minimum Gasteiger partial charge on any atom is -0.490 e. The van der Waals surface area contributed by atoms with E-state index >= 15 is 0 Å². The first-order valence-corrected chi connectivity index (χ1v) is 5.83. The Labute approximate surface area is 96.5 Å². The van der Waals surface area contributed by atoms with Gasteiger partial charge in [0.25, 0.3) is 0 Å². The second-order valence-corrected chi connectivity index (χ2v) is 4.24. The lowest BCUT2D eigenvalue weighted by molar-refractivity contribution is 0.0252. The van der Waals surface area contributed by atoms with Crippen LogP contribution in [0.1, 0.15) is 24.0 Å². The Morgan fingerprint density at radius 3 is 2.81 bits per heavy atom. The molecule has 3 nitrogen and oxygen atoms in total. The van der Waals surface area contributed by atoms with E-state index in [9.17, 15) is 0 Å². The molecule has 88 valence electrons. The minimum atomic E-state index is 0.279. The van der Waals surface area contributed by atoms with Crippen molar-refractivity contribution >= 4 is 0 Å². The second-order valence-electron chi connectivity index (χ2n) is 4.24. The molecular formula is C13H19NO2. The lowest BCUT2D eigenvalue weighted by Gasteiger charge is -2.24. The first-order valence-electron chi connectivity index (χ1n) is 5.83. The lowest BCUT2D eigenvalue weighted by atomic mass is 10.1. The van der Waals surface area contributed by atoms with E-state index in [0.29, 0.717) is 6.54 Å². The number of ether oxygens (including phenoxy) is 2. The Morgan fingerprint density at radius 2 is 2.12 bits per heavy atom. The monoisotopic (exact) mass is 221 g/mol. The maximum atomic E-state index is 5.97. The summed E-state index contributed by atoms with van der Waals surface area (Å²) >= 11 is 0. The summed E-state index contributed by atoms with van der Waals surface area (Å²) in [5, 5.41) is 0. The molecule has 1 saturated heterocycles. The summed E-state index contributed by atoms with van der Waals surface area (Å²) in [6.07, 6.45) is 2.22. The van der Waals surface area contributed by atoms with Gasteiger partial charge in [-0.25, -0.2) is 0 Å². The minimum absolute atomic E-state index is 0.279. The Kier molecular flexibility index (Phi) is 3.80. The van der Waals surface area contributed by atoms with Gasteiger partial charge in [0.2, 0.25) is 0 Å². The molecule has 0 bridgehead atoms. The molecule has 0 aliphatic carbocycles. The van der Waals surface area contributed by atoms with E-state index in [4.69, 9.17) is 15.2 Å². The second kappa shape index (κ2) is 5.32. The highest BCUT2D eigenvalue weighted by Crippen LogP contribution is 2.23. The number of nitrogens with two attached hydrogens (primary N) is 1. The van der Waals surface area contributed by atoms with E-state index in [-0.39, 0.29) is 6.10 Å². The molecule has 2 rings (SSSR count). The van der Waals surface area contributed by atoms with Crippen LogP contribution in [0.2, 0.25) is 0 Å². The predicted molar refractivity (Wildman–Crippen MR) is 63.5 cm³/mol. The summed E-state index contributed by atoms with van der Waals surface area (Å²) in [7, 11) is 0. The van der Waals surface area contributed by atoms with Crippen molar-refractivity contribution in [1.82, 2.24) is 0 Å². The Bertz CT molecular complexity index is 346. The zero-order chi connectivity index (χ0) is 11.4. The zero-order valence-electron chi connectivity index (χ0n) is 9.74. The highest BCUT2D eigenvalue weighted by Gasteiger charge is 2.16. The van der Waals surface area contributed by atoms with Crippen molar-refractivity contribution in [3.8, 4) is 5.75 Å². The molecular weight excluding hydrogens is 202 g/mol. The number of hydrogen-bond donors (Lipinski definition) is 1. The van der Waals surface area contributed by atoms with E-state index in [1.165, 1.54) is 5.56 Å². The third kappa shape index (κ3) is 2.74. The first kappa shape index (κ1) is 11.4. The van der Waals surface area contributed by atoms with Gasteiger partial charge in [-0.1, -0.05) is 17.7 Å². The van der Waals surface area contributed by atoms with E-state index in [2.05, 4.69) is 19.1 Å². The van der Waals surface area contributed by atoms with Gasteiger partial charge in [0.1, 0.15) is 11.9 Å². The van der Waals surface area contributed by atoms with E-state index in [0.717, 1.165) is 37.4 Å². The van der Waals surface area contributed by atoms with Crippen molar-refractivity contribution in [3.63, 3.8) is 0 Å². The van der Waals surface area contributed by atoms with Gasteiger partial charge in [-0.05, 0) is 13.0 Å². The smallest absolute Gasteiger partial charge is 0.124 e. The molecule has 3 heteroatoms. The highest BCUT2D eigenvalue weighted by atomic mass is 16.5. The van der Waals surface area contributed by atoms with Crippen LogP contribution in [0.3, 0.4) is 0 Å². The largest absolute Gasteiger partial charge is 0.490 e. The normalized spacial score (nSPS) is 17.4. The van der Waals surface area contributed by atoms with Crippen LogP contribution >= 0.6 is 0 Å². The van der Waals surface area contributed by atoms with E-state index < -0.39 is 0 Å². The molecule has 0 amide bonds. The van der Waals surface area contributed by atoms with Gasteiger partial charge < -0.3 is 15.2 Å². The summed E-state index contributed by atoms with van der Waals surface area (Å²) < 4.78 is 11.3. The van der Waals surface area contributed by atoms with Crippen LogP contribution in [-0.4, -0.2) is 19.3 Å². The fraction of sp³-hybridized carbons (Fsp3) is 0.538. The first-order chi connectivity index (χ1) is 7.79. The topological polar surface area (TPSA) is 44.5 Å². The van der Waals surface area contributed by atoms with Crippen molar-refractivity contribution in [1.29, 1.82) is 0 Å². The molecule has 16 heavy (non-hydrogen) atoms. The Balaban J connectivity index is 2.07. The SMILES string of the molecule is Cc1ccc(OC2CCOCC2)c(CN)c1. The third-order valence-corrected chi connectivity index (χ3v) is 2.90. The molecule has 0 spiro atoms. The van der Waals surface area contributed by atoms with Gasteiger partial charge >= 0.3 is 0 Å². The van der Waals surface area contributed by atoms with Gasteiger partial charge in [0.05, 0.1) is 13.2 Å². The Morgan fingerprint density at radius 1 is 1.38 bits per heavy atom. The highest BCUT2D eigenvalue weighted by molar-refractivity contribution is 5.36. The number of rotatable bonds is 3. The predicted octanol–water partition coefficient (Wildman–Crippen LogP) is 2.01. The average Bonchev–Trinajstić information content (AvgIpc) is 2.33. The van der Waals surface area contributed by atoms with Gasteiger partial charge in [-0.2, -0.15) is 0 Å². The van der Waals surface area contributed by atoms with E-state index in [1.807, 2.05) is 6.07 Å². The molecule has 1 aliphatic heterocycles. The summed E-state index contributed by atoms with van der Waals surface area (Å²) in [6.45, 7) is 4.20. The summed E-state index contributed by atoms with van der Waals surface area (Å²) in [6, 6.07) is 6.18. The van der Waals surface area contributed by atoms with Crippen LogP contribution in [0.15, 0.2) is 18.2 Å². The van der Waals surface area contributed by atoms with Crippen LogP contribution in [0.4, 0.5) is 0 Å². The Hall–Kier alpha value is -1.06. The molecule has 0 aromatic heterocycles. The van der Waals surface area contributed by atoms with Gasteiger partial charge in [-0.15, -0.1) is 0 Å². The summed E-state index contributed by atoms with van der Waals surface area (Å²) in [5.41, 5.74) is 8.03. The molecule has 1 fully saturated rings. The molecule has 1 aliphatic rings. The van der Waals surface area contributed by atoms with Crippen molar-refractivity contribution < 1.29 is 9.47 Å². The van der Waals surface area contributed by atoms with Gasteiger partial charge in [0, 0.05) is 24.9 Å². The van der Waals surface area contributed by atoms with Gasteiger partial charge in [0.15, 0.2) is 0 Å². The molecule has 1 aromatic carbocycles. The fourth-order valence-electron chi connectivity index (χ4n) is 1.96. The lowest BCUT2D eigenvalue weighted by Crippen LogP contribution is -2.26. The number of benzene rings is 1. The fourth-order valence-corrected chi connectivity index (χ4v) is 1.96. The molecule has 1 aromatic rings. The molecule has 1 heterocycles. The van der Waals surface area contributed by atoms with E-state index in [1.54, 1.807) is 0 Å². The molecule has 2 N–H and O–H groups in total.